The zero-order valence-corrected chi connectivity index (χ0v) is 16.2. The Hall–Kier alpha value is -2.48. The van der Waals surface area contributed by atoms with E-state index in [4.69, 9.17) is 9.47 Å². The number of hydrogen-bond donors (Lipinski definition) is 0. The third kappa shape index (κ3) is 4.10. The first kappa shape index (κ1) is 19.3. The minimum absolute atomic E-state index is 0.183. The lowest BCUT2D eigenvalue weighted by Crippen LogP contribution is -2.44. The molecule has 0 unspecified atom stereocenters. The maximum absolute atomic E-state index is 12.7. The van der Waals surface area contributed by atoms with Gasteiger partial charge in [0.15, 0.2) is 11.5 Å². The van der Waals surface area contributed by atoms with E-state index in [1.54, 1.807) is 29.2 Å². The first-order chi connectivity index (χ1) is 13.0. The molecule has 8 heteroatoms. The minimum Gasteiger partial charge on any atom is -0.493 e. The van der Waals surface area contributed by atoms with Gasteiger partial charge in [-0.2, -0.15) is 0 Å². The average Bonchev–Trinajstić information content (AvgIpc) is 2.95. The largest absolute Gasteiger partial charge is 0.493 e. The van der Waals surface area contributed by atoms with E-state index in [0.717, 1.165) is 35.9 Å². The van der Waals surface area contributed by atoms with Gasteiger partial charge in [0, 0.05) is 18.7 Å². The summed E-state index contributed by atoms with van der Waals surface area (Å²) in [5.41, 5.74) is 0.629. The molecule has 0 atom stereocenters. The number of rotatable bonds is 5. The number of carbonyl (C=O) groups excluding carboxylic acids is 3. The van der Waals surface area contributed by atoms with Gasteiger partial charge in [0.05, 0.1) is 19.1 Å². The van der Waals surface area contributed by atoms with Crippen LogP contribution in [-0.2, 0) is 9.59 Å². The number of thioether (sulfide) groups is 1. The Labute approximate surface area is 162 Å². The van der Waals surface area contributed by atoms with Crippen molar-refractivity contribution in [3.63, 3.8) is 0 Å². The van der Waals surface area contributed by atoms with Gasteiger partial charge in [0.25, 0.3) is 11.1 Å². The van der Waals surface area contributed by atoms with E-state index in [1.165, 1.54) is 14.2 Å². The third-order valence-electron chi connectivity index (χ3n) is 4.60. The van der Waals surface area contributed by atoms with Crippen LogP contribution in [0.4, 0.5) is 4.79 Å². The van der Waals surface area contributed by atoms with E-state index in [2.05, 4.69) is 0 Å². The number of imide groups is 1. The fourth-order valence-corrected chi connectivity index (χ4v) is 4.01. The van der Waals surface area contributed by atoms with Crippen LogP contribution in [0.5, 0.6) is 11.5 Å². The summed E-state index contributed by atoms with van der Waals surface area (Å²) >= 11 is 0.829. The van der Waals surface area contributed by atoms with Crippen LogP contribution in [0.2, 0.25) is 0 Å². The summed E-state index contributed by atoms with van der Waals surface area (Å²) < 4.78 is 10.6. The number of benzene rings is 1. The molecule has 0 aromatic heterocycles. The highest BCUT2D eigenvalue weighted by atomic mass is 32.2. The monoisotopic (exact) mass is 390 g/mol. The van der Waals surface area contributed by atoms with Crippen molar-refractivity contribution in [1.29, 1.82) is 0 Å². The van der Waals surface area contributed by atoms with E-state index < -0.39 is 11.1 Å². The molecule has 1 aromatic rings. The molecule has 3 amide bonds. The zero-order valence-electron chi connectivity index (χ0n) is 15.4. The number of methoxy groups -OCH3 is 2. The second-order valence-corrected chi connectivity index (χ2v) is 7.29. The van der Waals surface area contributed by atoms with Gasteiger partial charge < -0.3 is 14.4 Å². The Balaban J connectivity index is 1.78. The van der Waals surface area contributed by atoms with Gasteiger partial charge in [0.2, 0.25) is 5.91 Å². The van der Waals surface area contributed by atoms with Gasteiger partial charge in [0.1, 0.15) is 6.54 Å². The Morgan fingerprint density at radius 3 is 2.56 bits per heavy atom. The smallest absolute Gasteiger partial charge is 0.294 e. The number of likely N-dealkylation sites (tertiary alicyclic amines) is 1. The zero-order chi connectivity index (χ0) is 19.4. The summed E-state index contributed by atoms with van der Waals surface area (Å²) in [4.78, 5) is 40.4. The molecule has 144 valence electrons. The molecule has 0 radical (unpaired) electrons. The fraction of sp³-hybridized carbons (Fsp3) is 0.421. The van der Waals surface area contributed by atoms with Crippen LogP contribution < -0.4 is 9.47 Å². The fourth-order valence-electron chi connectivity index (χ4n) is 3.18. The summed E-state index contributed by atoms with van der Waals surface area (Å²) in [5, 5.41) is -0.432. The summed E-state index contributed by atoms with van der Waals surface area (Å²) in [6.07, 6.45) is 4.63. The van der Waals surface area contributed by atoms with Gasteiger partial charge in [-0.05, 0) is 43.2 Å². The normalized spacial score (nSPS) is 19.0. The lowest BCUT2D eigenvalue weighted by molar-refractivity contribution is -0.136. The highest BCUT2D eigenvalue weighted by Crippen LogP contribution is 2.37. The molecule has 27 heavy (non-hydrogen) atoms. The second-order valence-electron chi connectivity index (χ2n) is 6.29. The van der Waals surface area contributed by atoms with E-state index in [-0.39, 0.29) is 17.4 Å². The van der Waals surface area contributed by atoms with Crippen molar-refractivity contribution in [3.05, 3.63) is 28.7 Å². The highest BCUT2D eigenvalue weighted by Gasteiger charge is 2.37. The van der Waals surface area contributed by atoms with Gasteiger partial charge in [-0.3, -0.25) is 19.3 Å². The van der Waals surface area contributed by atoms with Crippen molar-refractivity contribution in [2.24, 2.45) is 0 Å². The van der Waals surface area contributed by atoms with Crippen LogP contribution in [-0.4, -0.2) is 60.7 Å². The van der Waals surface area contributed by atoms with Crippen LogP contribution >= 0.6 is 11.8 Å². The Bertz CT molecular complexity index is 786. The molecular formula is C19H22N2O5S. The SMILES string of the molecule is COc1cccc(/C=C2\SC(=O)N(CC(=O)N3CCCCC3)C2=O)c1OC. The number of nitrogens with zero attached hydrogens (tertiary/aromatic N) is 2. The number of carbonyl (C=O) groups is 3. The molecule has 2 aliphatic heterocycles. The van der Waals surface area contributed by atoms with Gasteiger partial charge >= 0.3 is 0 Å². The average molecular weight is 390 g/mol. The number of hydrogen-bond acceptors (Lipinski definition) is 6. The molecule has 7 nitrogen and oxygen atoms in total. The topological polar surface area (TPSA) is 76.2 Å². The maximum Gasteiger partial charge on any atom is 0.294 e. The highest BCUT2D eigenvalue weighted by molar-refractivity contribution is 8.18. The van der Waals surface area contributed by atoms with Crippen molar-refractivity contribution in [1.82, 2.24) is 9.80 Å². The lowest BCUT2D eigenvalue weighted by atomic mass is 10.1. The summed E-state index contributed by atoms with van der Waals surface area (Å²) in [7, 11) is 3.04. The molecule has 0 N–H and O–H groups in total. The summed E-state index contributed by atoms with van der Waals surface area (Å²) in [5.74, 6) is 0.374. The molecule has 2 aliphatic rings. The van der Waals surface area contributed by atoms with E-state index in [0.29, 0.717) is 30.2 Å². The van der Waals surface area contributed by atoms with Crippen molar-refractivity contribution < 1.29 is 23.9 Å². The molecule has 2 fully saturated rings. The number of piperidine rings is 1. The summed E-state index contributed by atoms with van der Waals surface area (Å²) in [6.45, 7) is 1.16. The third-order valence-corrected chi connectivity index (χ3v) is 5.50. The molecule has 0 aliphatic carbocycles. The molecule has 0 bridgehead atoms. The minimum atomic E-state index is -0.458. The Morgan fingerprint density at radius 2 is 1.89 bits per heavy atom. The Kier molecular flexibility index (Phi) is 6.05. The molecule has 2 saturated heterocycles. The van der Waals surface area contributed by atoms with Gasteiger partial charge in [-0.25, -0.2) is 0 Å². The maximum atomic E-state index is 12.7. The van der Waals surface area contributed by atoms with E-state index >= 15 is 0 Å². The van der Waals surface area contributed by atoms with Crippen LogP contribution in [0, 0.1) is 0 Å². The molecule has 0 saturated carbocycles. The van der Waals surface area contributed by atoms with Crippen molar-refractivity contribution in [3.8, 4) is 11.5 Å². The number of ether oxygens (including phenoxy) is 2. The number of amides is 3. The van der Waals surface area contributed by atoms with Gasteiger partial charge in [-0.1, -0.05) is 12.1 Å². The molecule has 1 aromatic carbocycles. The standard InChI is InChI=1S/C19H22N2O5S/c1-25-14-8-6-7-13(17(14)26-2)11-15-18(23)21(19(24)27-15)12-16(22)20-9-4-3-5-10-20/h6-8,11H,3-5,9-10,12H2,1-2H3/b15-11-. The summed E-state index contributed by atoms with van der Waals surface area (Å²) in [6, 6.07) is 5.30. The first-order valence-electron chi connectivity index (χ1n) is 8.79. The van der Waals surface area contributed by atoms with Crippen LogP contribution in [0.1, 0.15) is 24.8 Å². The lowest BCUT2D eigenvalue weighted by Gasteiger charge is -2.27. The van der Waals surface area contributed by atoms with E-state index in [1.807, 2.05) is 0 Å². The molecule has 0 spiro atoms. The number of para-hydroxylation sites is 1. The van der Waals surface area contributed by atoms with Crippen molar-refractivity contribution >= 4 is 34.9 Å². The predicted molar refractivity (Wildman–Crippen MR) is 103 cm³/mol. The first-order valence-corrected chi connectivity index (χ1v) is 9.61. The van der Waals surface area contributed by atoms with Gasteiger partial charge in [-0.15, -0.1) is 0 Å². The molecule has 3 rings (SSSR count). The quantitative estimate of drug-likeness (QED) is 0.720. The van der Waals surface area contributed by atoms with Crippen LogP contribution in [0.25, 0.3) is 6.08 Å². The second kappa shape index (κ2) is 8.47. The molecular weight excluding hydrogens is 368 g/mol. The van der Waals surface area contributed by atoms with Crippen LogP contribution in [0.15, 0.2) is 23.1 Å². The predicted octanol–water partition coefficient (Wildman–Crippen LogP) is 2.75. The Morgan fingerprint density at radius 1 is 1.15 bits per heavy atom. The van der Waals surface area contributed by atoms with Crippen molar-refractivity contribution in [2.75, 3.05) is 33.9 Å². The molecule has 2 heterocycles. The van der Waals surface area contributed by atoms with E-state index in [9.17, 15) is 14.4 Å². The van der Waals surface area contributed by atoms with Crippen molar-refractivity contribution in [2.45, 2.75) is 19.3 Å². The van der Waals surface area contributed by atoms with Crippen LogP contribution in [0.3, 0.4) is 0 Å².